The van der Waals surface area contributed by atoms with Crippen LogP contribution >= 0.6 is 46.7 Å². The maximum absolute atomic E-state index is 4.42. The summed E-state index contributed by atoms with van der Waals surface area (Å²) >= 11 is 3.41. The number of aryl methyl sites for hydroxylation is 3. The number of rotatable bonds is 4. The SMILES string of the molecule is CN=C(NCc1ncc(C)s1)NCc1sc(C)nc1C.I. The van der Waals surface area contributed by atoms with Crippen molar-refractivity contribution in [3.8, 4) is 0 Å². The summed E-state index contributed by atoms with van der Waals surface area (Å²) in [6.07, 6.45) is 1.89. The average Bonchev–Trinajstić information content (AvgIpc) is 2.96. The summed E-state index contributed by atoms with van der Waals surface area (Å²) in [6.45, 7) is 7.56. The quantitative estimate of drug-likeness (QED) is 0.439. The Morgan fingerprint density at radius 1 is 1.19 bits per heavy atom. The third-order valence-corrected chi connectivity index (χ3v) is 4.70. The molecule has 5 nitrogen and oxygen atoms in total. The van der Waals surface area contributed by atoms with E-state index in [4.69, 9.17) is 0 Å². The minimum absolute atomic E-state index is 0. The highest BCUT2D eigenvalue weighted by Gasteiger charge is 2.06. The summed E-state index contributed by atoms with van der Waals surface area (Å²) in [5.74, 6) is 0.781. The Morgan fingerprint density at radius 3 is 2.43 bits per heavy atom. The van der Waals surface area contributed by atoms with Gasteiger partial charge in [-0.05, 0) is 20.8 Å². The van der Waals surface area contributed by atoms with Crippen LogP contribution in [0.5, 0.6) is 0 Å². The number of hydrogen-bond acceptors (Lipinski definition) is 5. The molecular weight excluding hydrogens is 417 g/mol. The van der Waals surface area contributed by atoms with E-state index < -0.39 is 0 Å². The number of aromatic nitrogens is 2. The largest absolute Gasteiger partial charge is 0.351 e. The molecule has 0 atom stereocenters. The second-order valence-electron chi connectivity index (χ2n) is 4.39. The Hall–Kier alpha value is -0.740. The third kappa shape index (κ3) is 5.51. The van der Waals surface area contributed by atoms with Crippen LogP contribution in [0, 0.1) is 20.8 Å². The first-order valence-corrected chi connectivity index (χ1v) is 8.00. The van der Waals surface area contributed by atoms with Crippen molar-refractivity contribution in [3.63, 3.8) is 0 Å². The third-order valence-electron chi connectivity index (χ3n) is 2.72. The number of halogens is 1. The van der Waals surface area contributed by atoms with Crippen LogP contribution in [0.3, 0.4) is 0 Å². The molecule has 2 N–H and O–H groups in total. The second kappa shape index (κ2) is 8.64. The molecule has 21 heavy (non-hydrogen) atoms. The van der Waals surface area contributed by atoms with E-state index >= 15 is 0 Å². The minimum atomic E-state index is 0. The van der Waals surface area contributed by atoms with Gasteiger partial charge in [-0.25, -0.2) is 9.97 Å². The van der Waals surface area contributed by atoms with Crippen molar-refractivity contribution in [3.05, 3.63) is 31.7 Å². The smallest absolute Gasteiger partial charge is 0.191 e. The molecule has 0 fully saturated rings. The van der Waals surface area contributed by atoms with Crippen LogP contribution in [0.25, 0.3) is 0 Å². The monoisotopic (exact) mass is 437 g/mol. The lowest BCUT2D eigenvalue weighted by atomic mass is 10.4. The van der Waals surface area contributed by atoms with Gasteiger partial charge >= 0.3 is 0 Å². The van der Waals surface area contributed by atoms with Crippen molar-refractivity contribution in [2.45, 2.75) is 33.9 Å². The molecule has 0 spiro atoms. The predicted octanol–water partition coefficient (Wildman–Crippen LogP) is 3.01. The Morgan fingerprint density at radius 2 is 1.90 bits per heavy atom. The number of nitrogens with one attached hydrogen (secondary N) is 2. The van der Waals surface area contributed by atoms with Gasteiger partial charge in [0.25, 0.3) is 0 Å². The minimum Gasteiger partial charge on any atom is -0.351 e. The molecule has 0 radical (unpaired) electrons. The van der Waals surface area contributed by atoms with Gasteiger partial charge in [-0.3, -0.25) is 4.99 Å². The van der Waals surface area contributed by atoms with Gasteiger partial charge in [0.1, 0.15) is 5.01 Å². The molecule has 0 aliphatic rings. The number of guanidine groups is 1. The average molecular weight is 437 g/mol. The highest BCUT2D eigenvalue weighted by atomic mass is 127. The van der Waals surface area contributed by atoms with Crippen LogP contribution in [0.2, 0.25) is 0 Å². The predicted molar refractivity (Wildman–Crippen MR) is 101 cm³/mol. The second-order valence-corrected chi connectivity index (χ2v) is 6.99. The Balaban J connectivity index is 0.00000220. The molecule has 0 unspecified atom stereocenters. The molecule has 0 bridgehead atoms. The molecule has 0 aromatic carbocycles. The zero-order valence-corrected chi connectivity index (χ0v) is 16.5. The van der Waals surface area contributed by atoms with Gasteiger partial charge in [0.15, 0.2) is 5.96 Å². The van der Waals surface area contributed by atoms with Crippen LogP contribution in [0.15, 0.2) is 11.2 Å². The molecule has 0 aliphatic carbocycles. The lowest BCUT2D eigenvalue weighted by Gasteiger charge is -2.10. The molecule has 2 aromatic heterocycles. The maximum atomic E-state index is 4.42. The molecule has 2 rings (SSSR count). The summed E-state index contributed by atoms with van der Waals surface area (Å²) in [4.78, 5) is 15.4. The van der Waals surface area contributed by atoms with Gasteiger partial charge in [-0.1, -0.05) is 0 Å². The van der Waals surface area contributed by atoms with Crippen molar-refractivity contribution in [1.29, 1.82) is 0 Å². The van der Waals surface area contributed by atoms with Gasteiger partial charge in [-0.15, -0.1) is 46.7 Å². The molecule has 2 heterocycles. The van der Waals surface area contributed by atoms with Gasteiger partial charge < -0.3 is 10.6 Å². The van der Waals surface area contributed by atoms with E-state index in [2.05, 4.69) is 32.5 Å². The zero-order valence-electron chi connectivity index (χ0n) is 12.6. The van der Waals surface area contributed by atoms with Crippen LogP contribution in [-0.2, 0) is 13.1 Å². The van der Waals surface area contributed by atoms with Crippen molar-refractivity contribution in [1.82, 2.24) is 20.6 Å². The molecule has 0 aliphatic heterocycles. The van der Waals surface area contributed by atoms with Gasteiger partial charge in [-0.2, -0.15) is 0 Å². The summed E-state index contributed by atoms with van der Waals surface area (Å²) in [5, 5.41) is 8.73. The molecule has 8 heteroatoms. The zero-order chi connectivity index (χ0) is 14.5. The lowest BCUT2D eigenvalue weighted by Crippen LogP contribution is -2.36. The fourth-order valence-electron chi connectivity index (χ4n) is 1.76. The first kappa shape index (κ1) is 18.3. The lowest BCUT2D eigenvalue weighted by molar-refractivity contribution is 0.807. The summed E-state index contributed by atoms with van der Waals surface area (Å²) < 4.78 is 0. The van der Waals surface area contributed by atoms with E-state index in [0.717, 1.165) is 28.2 Å². The van der Waals surface area contributed by atoms with Crippen molar-refractivity contribution in [2.75, 3.05) is 7.05 Å². The molecular formula is C13H20IN5S2. The van der Waals surface area contributed by atoms with Gasteiger partial charge in [0, 0.05) is 23.0 Å². The molecule has 0 saturated carbocycles. The Bertz CT molecular complexity index is 605. The van der Waals surface area contributed by atoms with Crippen LogP contribution in [0.4, 0.5) is 0 Å². The molecule has 0 saturated heterocycles. The van der Waals surface area contributed by atoms with E-state index in [9.17, 15) is 0 Å². The fraction of sp³-hybridized carbons (Fsp3) is 0.462. The molecule has 2 aromatic rings. The van der Waals surface area contributed by atoms with Crippen molar-refractivity contribution in [2.24, 2.45) is 4.99 Å². The number of thiazole rings is 2. The Kier molecular flexibility index (Phi) is 7.53. The van der Waals surface area contributed by atoms with Gasteiger partial charge in [0.2, 0.25) is 0 Å². The number of aliphatic imine (C=N–C) groups is 1. The maximum Gasteiger partial charge on any atom is 0.191 e. The normalized spacial score (nSPS) is 11.1. The molecule has 116 valence electrons. The van der Waals surface area contributed by atoms with E-state index in [1.807, 2.05) is 20.0 Å². The number of nitrogens with zero attached hydrogens (tertiary/aromatic N) is 3. The van der Waals surface area contributed by atoms with E-state index in [1.165, 1.54) is 9.75 Å². The van der Waals surface area contributed by atoms with E-state index in [1.54, 1.807) is 29.7 Å². The first-order chi connectivity index (χ1) is 9.58. The van der Waals surface area contributed by atoms with Crippen LogP contribution in [0.1, 0.15) is 25.5 Å². The van der Waals surface area contributed by atoms with Crippen LogP contribution < -0.4 is 10.6 Å². The van der Waals surface area contributed by atoms with Crippen molar-refractivity contribution < 1.29 is 0 Å². The molecule has 0 amide bonds. The fourth-order valence-corrected chi connectivity index (χ4v) is 3.37. The summed E-state index contributed by atoms with van der Waals surface area (Å²) in [5.41, 5.74) is 1.09. The Labute approximate surface area is 150 Å². The van der Waals surface area contributed by atoms with Crippen molar-refractivity contribution >= 4 is 52.6 Å². The van der Waals surface area contributed by atoms with E-state index in [-0.39, 0.29) is 24.0 Å². The number of hydrogen-bond donors (Lipinski definition) is 2. The van der Waals surface area contributed by atoms with E-state index in [0.29, 0.717) is 6.54 Å². The van der Waals surface area contributed by atoms with Crippen LogP contribution in [-0.4, -0.2) is 23.0 Å². The topological polar surface area (TPSA) is 62.2 Å². The summed E-state index contributed by atoms with van der Waals surface area (Å²) in [7, 11) is 1.77. The highest BCUT2D eigenvalue weighted by Crippen LogP contribution is 2.16. The first-order valence-electron chi connectivity index (χ1n) is 6.37. The highest BCUT2D eigenvalue weighted by molar-refractivity contribution is 14.0. The summed E-state index contributed by atoms with van der Waals surface area (Å²) in [6, 6.07) is 0. The standard InChI is InChI=1S/C13H19N5S2.HI/c1-8-5-15-12(19-8)7-17-13(14-4)16-6-11-9(2)18-10(3)20-11;/h5H,6-7H2,1-4H3,(H2,14,16,17);1H. The van der Waals surface area contributed by atoms with Gasteiger partial charge in [0.05, 0.1) is 23.8 Å².